The second kappa shape index (κ2) is 9.16. The third-order valence-corrected chi connectivity index (χ3v) is 5.35. The minimum Gasteiger partial charge on any atom is -0.273 e. The van der Waals surface area contributed by atoms with Crippen molar-refractivity contribution in [2.75, 3.05) is 0 Å². The molecule has 0 aliphatic heterocycles. The van der Waals surface area contributed by atoms with Crippen LogP contribution in [-0.2, 0) is 17.4 Å². The second-order valence-corrected chi connectivity index (χ2v) is 7.56. The summed E-state index contributed by atoms with van der Waals surface area (Å²) in [6.07, 6.45) is -3.11. The number of benzene rings is 2. The maximum absolute atomic E-state index is 12.7. The quantitative estimate of drug-likeness (QED) is 0.431. The van der Waals surface area contributed by atoms with Crippen molar-refractivity contribution in [3.63, 3.8) is 0 Å². The molecule has 9 nitrogen and oxygen atoms in total. The van der Waals surface area contributed by atoms with Crippen LogP contribution in [0.3, 0.4) is 0 Å². The molecule has 13 heteroatoms. The Morgan fingerprint density at radius 1 is 1.00 bits per heavy atom. The molecular formula is C20H14F3N7O2S. The largest absolute Gasteiger partial charge is 0.416 e. The number of hydrogen-bond acceptors (Lipinski definition) is 7. The van der Waals surface area contributed by atoms with E-state index in [0.29, 0.717) is 27.5 Å². The number of aromatic nitrogens is 5. The molecule has 0 atom stereocenters. The van der Waals surface area contributed by atoms with Crippen LogP contribution < -0.4 is 10.9 Å². The van der Waals surface area contributed by atoms with E-state index in [2.05, 4.69) is 31.4 Å². The van der Waals surface area contributed by atoms with E-state index in [4.69, 9.17) is 0 Å². The van der Waals surface area contributed by atoms with Crippen molar-refractivity contribution in [1.29, 1.82) is 0 Å². The molecule has 2 aromatic heterocycles. The van der Waals surface area contributed by atoms with E-state index in [0.717, 1.165) is 12.1 Å². The Kier molecular flexibility index (Phi) is 6.13. The van der Waals surface area contributed by atoms with Crippen LogP contribution in [0.25, 0.3) is 16.3 Å². The van der Waals surface area contributed by atoms with Crippen LogP contribution in [0, 0.1) is 0 Å². The molecule has 2 aromatic carbocycles. The van der Waals surface area contributed by atoms with Gasteiger partial charge in [-0.3, -0.25) is 20.4 Å². The Bertz CT molecular complexity index is 1250. The number of hydrazine groups is 1. The van der Waals surface area contributed by atoms with Gasteiger partial charge in [0.2, 0.25) is 5.91 Å². The molecule has 0 spiro atoms. The topological polar surface area (TPSA) is 115 Å². The first kappa shape index (κ1) is 22.1. The van der Waals surface area contributed by atoms with Crippen LogP contribution in [0.5, 0.6) is 0 Å². The number of tetrazole rings is 1. The highest BCUT2D eigenvalue weighted by atomic mass is 32.1. The van der Waals surface area contributed by atoms with Gasteiger partial charge in [0, 0.05) is 16.5 Å². The van der Waals surface area contributed by atoms with Crippen LogP contribution in [0.15, 0.2) is 60.2 Å². The maximum atomic E-state index is 12.7. The van der Waals surface area contributed by atoms with E-state index in [1.54, 1.807) is 29.6 Å². The summed E-state index contributed by atoms with van der Waals surface area (Å²) in [7, 11) is 0. The number of nitrogens with one attached hydrogen (secondary N) is 2. The first-order valence-corrected chi connectivity index (χ1v) is 10.2. The van der Waals surface area contributed by atoms with Crippen LogP contribution in [-0.4, -0.2) is 37.0 Å². The average molecular weight is 473 g/mol. The van der Waals surface area contributed by atoms with Gasteiger partial charge >= 0.3 is 6.18 Å². The number of carbonyl (C=O) groups is 2. The lowest BCUT2D eigenvalue weighted by molar-refractivity contribution is -0.137. The number of alkyl halides is 3. The first-order valence-electron chi connectivity index (χ1n) is 9.34. The van der Waals surface area contributed by atoms with Gasteiger partial charge in [-0.2, -0.15) is 13.2 Å². The summed E-state index contributed by atoms with van der Waals surface area (Å²) in [5.41, 5.74) is 5.78. The van der Waals surface area contributed by atoms with Crippen molar-refractivity contribution < 1.29 is 22.8 Å². The Morgan fingerprint density at radius 3 is 2.36 bits per heavy atom. The summed E-state index contributed by atoms with van der Waals surface area (Å²) < 4.78 is 39.5. The van der Waals surface area contributed by atoms with Gasteiger partial charge in [0.15, 0.2) is 0 Å². The zero-order valence-electron chi connectivity index (χ0n) is 16.6. The molecule has 2 N–H and O–H groups in total. The van der Waals surface area contributed by atoms with E-state index in [-0.39, 0.29) is 6.42 Å². The molecule has 0 radical (unpaired) electrons. The van der Waals surface area contributed by atoms with Gasteiger partial charge in [0.1, 0.15) is 11.3 Å². The van der Waals surface area contributed by atoms with Crippen molar-refractivity contribution in [1.82, 2.24) is 36.0 Å². The van der Waals surface area contributed by atoms with E-state index < -0.39 is 23.6 Å². The monoisotopic (exact) mass is 473 g/mol. The average Bonchev–Trinajstić information content (AvgIpc) is 3.50. The SMILES string of the molecule is O=C(Cc1csc(-c2ccc(C(F)(F)F)cc2)n1)NNC(=O)c1ccc(-n2cnnn2)cc1. The van der Waals surface area contributed by atoms with Gasteiger partial charge < -0.3 is 0 Å². The number of hydrogen-bond donors (Lipinski definition) is 2. The van der Waals surface area contributed by atoms with Crippen molar-refractivity contribution >= 4 is 23.2 Å². The van der Waals surface area contributed by atoms with E-state index in [1.165, 1.54) is 34.5 Å². The molecule has 4 aromatic rings. The third-order valence-electron chi connectivity index (χ3n) is 4.41. The number of thiazole rings is 1. The molecule has 4 rings (SSSR count). The highest BCUT2D eigenvalue weighted by molar-refractivity contribution is 7.13. The molecule has 2 heterocycles. The molecule has 0 aliphatic rings. The van der Waals surface area contributed by atoms with Gasteiger partial charge in [-0.05, 0) is 46.8 Å². The summed E-state index contributed by atoms with van der Waals surface area (Å²) in [6, 6.07) is 11.0. The summed E-state index contributed by atoms with van der Waals surface area (Å²) in [4.78, 5) is 28.6. The minimum absolute atomic E-state index is 0.115. The Morgan fingerprint density at radius 2 is 1.73 bits per heavy atom. The van der Waals surface area contributed by atoms with Crippen molar-refractivity contribution in [2.45, 2.75) is 12.6 Å². The van der Waals surface area contributed by atoms with Crippen molar-refractivity contribution in [3.8, 4) is 16.3 Å². The lowest BCUT2D eigenvalue weighted by Gasteiger charge is -2.07. The predicted molar refractivity (Wildman–Crippen MR) is 111 cm³/mol. The molecule has 0 bridgehead atoms. The van der Waals surface area contributed by atoms with Gasteiger partial charge in [0.25, 0.3) is 5.91 Å². The molecular weight excluding hydrogens is 459 g/mol. The summed E-state index contributed by atoms with van der Waals surface area (Å²) in [6.45, 7) is 0. The fourth-order valence-electron chi connectivity index (χ4n) is 2.78. The number of halogens is 3. The first-order chi connectivity index (χ1) is 15.8. The lowest BCUT2D eigenvalue weighted by atomic mass is 10.1. The second-order valence-electron chi connectivity index (χ2n) is 6.70. The number of carbonyl (C=O) groups excluding carboxylic acids is 2. The van der Waals surface area contributed by atoms with Gasteiger partial charge in [-0.1, -0.05) is 12.1 Å². The van der Waals surface area contributed by atoms with Crippen LogP contribution in [0.1, 0.15) is 21.6 Å². The normalized spacial score (nSPS) is 11.2. The molecule has 0 saturated carbocycles. The predicted octanol–water partition coefficient (Wildman–Crippen LogP) is 2.81. The van der Waals surface area contributed by atoms with Crippen molar-refractivity contribution in [2.24, 2.45) is 0 Å². The van der Waals surface area contributed by atoms with Gasteiger partial charge in [0.05, 0.1) is 23.4 Å². The third kappa shape index (κ3) is 5.38. The minimum atomic E-state index is -4.41. The molecule has 0 aliphatic carbocycles. The molecule has 0 saturated heterocycles. The fourth-order valence-corrected chi connectivity index (χ4v) is 3.60. The lowest BCUT2D eigenvalue weighted by Crippen LogP contribution is -2.42. The molecule has 2 amide bonds. The Labute approximate surface area is 188 Å². The highest BCUT2D eigenvalue weighted by Gasteiger charge is 2.30. The molecule has 33 heavy (non-hydrogen) atoms. The summed E-state index contributed by atoms with van der Waals surface area (Å²) in [5.74, 6) is -1.02. The molecule has 168 valence electrons. The Balaban J connectivity index is 1.30. The summed E-state index contributed by atoms with van der Waals surface area (Å²) in [5, 5.41) is 12.9. The number of nitrogens with zero attached hydrogens (tertiary/aromatic N) is 5. The highest BCUT2D eigenvalue weighted by Crippen LogP contribution is 2.31. The number of rotatable bonds is 5. The molecule has 0 fully saturated rings. The zero-order chi connectivity index (χ0) is 23.4. The van der Waals surface area contributed by atoms with Crippen molar-refractivity contribution in [3.05, 3.63) is 77.1 Å². The van der Waals surface area contributed by atoms with Gasteiger partial charge in [-0.15, -0.1) is 16.4 Å². The summed E-state index contributed by atoms with van der Waals surface area (Å²) >= 11 is 1.20. The van der Waals surface area contributed by atoms with Gasteiger partial charge in [-0.25, -0.2) is 9.67 Å². The standard InChI is InChI=1S/C20H14F3N7O2S/c21-20(22,23)14-5-1-13(2-6-14)19-25-15(10-33-19)9-17(31)26-27-18(32)12-3-7-16(8-4-12)30-11-24-28-29-30/h1-8,10-11H,9H2,(H,26,31)(H,27,32). The van der Waals surface area contributed by atoms with Crippen LogP contribution >= 0.6 is 11.3 Å². The van der Waals surface area contributed by atoms with Crippen LogP contribution in [0.2, 0.25) is 0 Å². The molecule has 0 unspecified atom stereocenters. The van der Waals surface area contributed by atoms with E-state index in [9.17, 15) is 22.8 Å². The van der Waals surface area contributed by atoms with Crippen LogP contribution in [0.4, 0.5) is 13.2 Å². The Hall–Kier alpha value is -4.13. The zero-order valence-corrected chi connectivity index (χ0v) is 17.4. The maximum Gasteiger partial charge on any atom is 0.416 e. The van der Waals surface area contributed by atoms with E-state index in [1.807, 2.05) is 0 Å². The number of amides is 2. The smallest absolute Gasteiger partial charge is 0.273 e. The fraction of sp³-hybridized carbons (Fsp3) is 0.100. The van der Waals surface area contributed by atoms with E-state index >= 15 is 0 Å².